The fourth-order valence-corrected chi connectivity index (χ4v) is 2.77. The first-order chi connectivity index (χ1) is 9.79. The Morgan fingerprint density at radius 1 is 1.20 bits per heavy atom. The summed E-state index contributed by atoms with van der Waals surface area (Å²) in [4.78, 5) is 3.69. The van der Waals surface area contributed by atoms with Crippen LogP contribution in [0.4, 0.5) is 0 Å². The van der Waals surface area contributed by atoms with Gasteiger partial charge in [-0.3, -0.25) is 0 Å². The van der Waals surface area contributed by atoms with E-state index in [1.54, 1.807) is 18.4 Å². The lowest BCUT2D eigenvalue weighted by atomic mass is 10.2. The summed E-state index contributed by atoms with van der Waals surface area (Å²) in [6, 6.07) is 12.4. The smallest absolute Gasteiger partial charge is 0.123 e. The van der Waals surface area contributed by atoms with Crippen molar-refractivity contribution in [2.24, 2.45) is 0 Å². The number of hydrogen-bond donors (Lipinski definition) is 1. The minimum atomic E-state index is 0.907. The second-order valence-electron chi connectivity index (χ2n) is 4.81. The Hall–Kier alpha value is -1.36. The summed E-state index contributed by atoms with van der Waals surface area (Å²) in [7, 11) is 3.86. The van der Waals surface area contributed by atoms with Crippen LogP contribution in [0.2, 0.25) is 0 Å². The molecule has 0 spiro atoms. The molecule has 0 saturated carbocycles. The number of para-hydroxylation sites is 1. The lowest BCUT2D eigenvalue weighted by Crippen LogP contribution is -2.28. The van der Waals surface area contributed by atoms with Crippen molar-refractivity contribution in [3.05, 3.63) is 52.2 Å². The van der Waals surface area contributed by atoms with Crippen LogP contribution in [0.25, 0.3) is 0 Å². The zero-order chi connectivity index (χ0) is 14.2. The van der Waals surface area contributed by atoms with E-state index < -0.39 is 0 Å². The molecule has 1 N–H and O–H groups in total. The molecule has 0 aliphatic carbocycles. The third kappa shape index (κ3) is 4.63. The Labute approximate surface area is 125 Å². The summed E-state index contributed by atoms with van der Waals surface area (Å²) in [5.74, 6) is 0.964. The molecule has 0 fully saturated rings. The van der Waals surface area contributed by atoms with E-state index in [9.17, 15) is 0 Å². The number of nitrogens with one attached hydrogen (secondary N) is 1. The van der Waals surface area contributed by atoms with Crippen molar-refractivity contribution in [2.45, 2.75) is 13.1 Å². The minimum Gasteiger partial charge on any atom is -0.496 e. The third-order valence-electron chi connectivity index (χ3n) is 3.18. The highest BCUT2D eigenvalue weighted by molar-refractivity contribution is 7.09. The van der Waals surface area contributed by atoms with Gasteiger partial charge >= 0.3 is 0 Å². The van der Waals surface area contributed by atoms with Gasteiger partial charge < -0.3 is 15.0 Å². The van der Waals surface area contributed by atoms with Crippen LogP contribution in [0.15, 0.2) is 41.8 Å². The van der Waals surface area contributed by atoms with Crippen LogP contribution < -0.4 is 10.1 Å². The predicted octanol–water partition coefficient (Wildman–Crippen LogP) is 2.98. The number of likely N-dealkylation sites (N-methyl/N-ethyl adjacent to an activating group) is 1. The quantitative estimate of drug-likeness (QED) is 0.757. The Balaban J connectivity index is 1.71. The van der Waals surface area contributed by atoms with Gasteiger partial charge in [0.2, 0.25) is 0 Å². The van der Waals surface area contributed by atoms with E-state index in [0.717, 1.165) is 31.9 Å². The molecule has 3 nitrogen and oxygen atoms in total. The first-order valence-corrected chi connectivity index (χ1v) is 7.71. The van der Waals surface area contributed by atoms with Crippen LogP contribution in [-0.2, 0) is 13.1 Å². The van der Waals surface area contributed by atoms with Gasteiger partial charge in [0.05, 0.1) is 7.11 Å². The van der Waals surface area contributed by atoms with Crippen LogP contribution in [0, 0.1) is 0 Å². The maximum Gasteiger partial charge on any atom is 0.123 e. The minimum absolute atomic E-state index is 0.907. The molecular formula is C16H22N2OS. The summed E-state index contributed by atoms with van der Waals surface area (Å²) < 4.78 is 5.38. The standard InChI is InChI=1S/C16H22N2OS/c1-18(10-9-17-12-15-7-5-11-20-15)13-14-6-3-4-8-16(14)19-2/h3-8,11,17H,9-10,12-13H2,1-2H3. The molecular weight excluding hydrogens is 268 g/mol. The number of hydrogen-bond acceptors (Lipinski definition) is 4. The molecule has 2 aromatic rings. The molecule has 4 heteroatoms. The first kappa shape index (κ1) is 15.0. The predicted molar refractivity (Wildman–Crippen MR) is 85.4 cm³/mol. The number of rotatable bonds is 8. The molecule has 1 aromatic carbocycles. The van der Waals surface area contributed by atoms with E-state index in [1.165, 1.54) is 10.4 Å². The number of ether oxygens (including phenoxy) is 1. The lowest BCUT2D eigenvalue weighted by Gasteiger charge is -2.18. The number of benzene rings is 1. The van der Waals surface area contributed by atoms with Crippen LogP contribution in [0.5, 0.6) is 5.75 Å². The zero-order valence-corrected chi connectivity index (χ0v) is 13.0. The molecule has 108 valence electrons. The van der Waals surface area contributed by atoms with Crippen LogP contribution in [-0.4, -0.2) is 32.1 Å². The zero-order valence-electron chi connectivity index (χ0n) is 12.1. The van der Waals surface area contributed by atoms with Gasteiger partial charge in [-0.2, -0.15) is 0 Å². The summed E-state index contributed by atoms with van der Waals surface area (Å²) in [6.07, 6.45) is 0. The normalized spacial score (nSPS) is 10.9. The van der Waals surface area contributed by atoms with E-state index in [0.29, 0.717) is 0 Å². The van der Waals surface area contributed by atoms with Gasteiger partial charge in [0.25, 0.3) is 0 Å². The summed E-state index contributed by atoms with van der Waals surface area (Å²) >= 11 is 1.80. The summed E-state index contributed by atoms with van der Waals surface area (Å²) in [5.41, 5.74) is 1.23. The van der Waals surface area contributed by atoms with Crippen molar-refractivity contribution in [2.75, 3.05) is 27.2 Å². The van der Waals surface area contributed by atoms with Gasteiger partial charge in [-0.05, 0) is 24.6 Å². The number of nitrogens with zero attached hydrogens (tertiary/aromatic N) is 1. The van der Waals surface area contributed by atoms with Gasteiger partial charge in [-0.25, -0.2) is 0 Å². The Morgan fingerprint density at radius 2 is 2.05 bits per heavy atom. The highest BCUT2D eigenvalue weighted by Gasteiger charge is 2.05. The fourth-order valence-electron chi connectivity index (χ4n) is 2.10. The highest BCUT2D eigenvalue weighted by Crippen LogP contribution is 2.18. The molecule has 20 heavy (non-hydrogen) atoms. The Kier molecular flexibility index (Phi) is 6.05. The number of thiophene rings is 1. The van der Waals surface area contributed by atoms with Crippen molar-refractivity contribution in [3.63, 3.8) is 0 Å². The molecule has 0 unspecified atom stereocenters. The molecule has 0 bridgehead atoms. The topological polar surface area (TPSA) is 24.5 Å². The van der Waals surface area contributed by atoms with Crippen molar-refractivity contribution in [1.82, 2.24) is 10.2 Å². The monoisotopic (exact) mass is 290 g/mol. The average molecular weight is 290 g/mol. The molecule has 1 aromatic heterocycles. The molecule has 0 amide bonds. The number of methoxy groups -OCH3 is 1. The van der Waals surface area contributed by atoms with E-state index in [1.807, 2.05) is 12.1 Å². The second kappa shape index (κ2) is 8.04. The summed E-state index contributed by atoms with van der Waals surface area (Å²) in [6.45, 7) is 3.87. The van der Waals surface area contributed by atoms with Gasteiger partial charge in [0, 0.05) is 36.6 Å². The van der Waals surface area contributed by atoms with Gasteiger partial charge in [0.1, 0.15) is 5.75 Å². The fraction of sp³-hybridized carbons (Fsp3) is 0.375. The van der Waals surface area contributed by atoms with Gasteiger partial charge in [0.15, 0.2) is 0 Å². The van der Waals surface area contributed by atoms with Gasteiger partial charge in [-0.1, -0.05) is 24.3 Å². The second-order valence-corrected chi connectivity index (χ2v) is 5.84. The first-order valence-electron chi connectivity index (χ1n) is 6.83. The molecule has 0 radical (unpaired) electrons. The maximum atomic E-state index is 5.38. The van der Waals surface area contributed by atoms with Crippen molar-refractivity contribution >= 4 is 11.3 Å². The van der Waals surface area contributed by atoms with Crippen LogP contribution >= 0.6 is 11.3 Å². The third-order valence-corrected chi connectivity index (χ3v) is 4.06. The van der Waals surface area contributed by atoms with E-state index in [-0.39, 0.29) is 0 Å². The summed E-state index contributed by atoms with van der Waals surface area (Å²) in [5, 5.41) is 5.59. The van der Waals surface area contributed by atoms with Crippen LogP contribution in [0.3, 0.4) is 0 Å². The van der Waals surface area contributed by atoms with E-state index >= 15 is 0 Å². The van der Waals surface area contributed by atoms with Crippen molar-refractivity contribution in [3.8, 4) is 5.75 Å². The van der Waals surface area contributed by atoms with Gasteiger partial charge in [-0.15, -0.1) is 11.3 Å². The molecule has 0 aliphatic heterocycles. The van der Waals surface area contributed by atoms with Crippen molar-refractivity contribution < 1.29 is 4.74 Å². The SMILES string of the molecule is COc1ccccc1CN(C)CCNCc1cccs1. The molecule has 2 rings (SSSR count). The molecule has 0 atom stereocenters. The average Bonchev–Trinajstić information content (AvgIpc) is 2.97. The maximum absolute atomic E-state index is 5.38. The molecule has 0 aliphatic rings. The van der Waals surface area contributed by atoms with E-state index in [2.05, 4.69) is 46.9 Å². The Morgan fingerprint density at radius 3 is 2.80 bits per heavy atom. The van der Waals surface area contributed by atoms with E-state index in [4.69, 9.17) is 4.74 Å². The largest absolute Gasteiger partial charge is 0.496 e. The molecule has 0 saturated heterocycles. The Bertz CT molecular complexity index is 499. The highest BCUT2D eigenvalue weighted by atomic mass is 32.1. The van der Waals surface area contributed by atoms with Crippen LogP contribution in [0.1, 0.15) is 10.4 Å². The molecule has 1 heterocycles. The van der Waals surface area contributed by atoms with Crippen molar-refractivity contribution in [1.29, 1.82) is 0 Å². The lowest BCUT2D eigenvalue weighted by molar-refractivity contribution is 0.315.